The summed E-state index contributed by atoms with van der Waals surface area (Å²) in [5.41, 5.74) is 9.65. The third kappa shape index (κ3) is 12.5. The molecular formula is C57H68ClN7O5S2. The van der Waals surface area contributed by atoms with E-state index < -0.39 is 10.0 Å². The van der Waals surface area contributed by atoms with Crippen LogP contribution in [0.25, 0.3) is 22.4 Å². The molecule has 0 spiro atoms. The van der Waals surface area contributed by atoms with E-state index in [9.17, 15) is 23.4 Å². The SMILES string of the molecule is Cc1cc(S(=O)(=O)Nc2ccc(N3CCN(c4cccc(-c5c(C(=O)NC6CCC(O)CC6)c(C)n(C)c5-c5ccc(Cl)cc5)c4)CC3)cc2)ccc1N[C@H](CCN1CCC(O)CC1)CSc1ccccc1. The summed E-state index contributed by atoms with van der Waals surface area (Å²) in [5.74, 6) is 0.761. The first-order valence-electron chi connectivity index (χ1n) is 25.4. The maximum absolute atomic E-state index is 14.3. The van der Waals surface area contributed by atoms with E-state index in [0.717, 1.165) is 134 Å². The second-order valence-electron chi connectivity index (χ2n) is 19.7. The number of piperidine rings is 1. The summed E-state index contributed by atoms with van der Waals surface area (Å²) in [6, 6.07) is 39.7. The number of aromatic nitrogens is 1. The van der Waals surface area contributed by atoms with Crippen LogP contribution >= 0.6 is 23.4 Å². The highest BCUT2D eigenvalue weighted by atomic mass is 35.5. The molecule has 1 saturated carbocycles. The topological polar surface area (TPSA) is 142 Å². The van der Waals surface area contributed by atoms with Crippen LogP contribution in [-0.4, -0.2) is 110 Å². The summed E-state index contributed by atoms with van der Waals surface area (Å²) in [4.78, 5) is 22.8. The van der Waals surface area contributed by atoms with Crippen molar-refractivity contribution < 1.29 is 23.4 Å². The van der Waals surface area contributed by atoms with E-state index in [2.05, 4.69) is 83.2 Å². The van der Waals surface area contributed by atoms with Gasteiger partial charge in [-0.05, 0) is 154 Å². The number of aryl methyl sites for hydroxylation is 1. The first-order chi connectivity index (χ1) is 34.8. The number of rotatable bonds is 17. The molecule has 1 aliphatic carbocycles. The molecule has 2 saturated heterocycles. The van der Waals surface area contributed by atoms with Crippen molar-refractivity contribution in [1.29, 1.82) is 0 Å². The number of piperazine rings is 1. The molecule has 3 aliphatic rings. The van der Waals surface area contributed by atoms with Crippen molar-refractivity contribution in [3.8, 4) is 22.4 Å². The Morgan fingerprint density at radius 1 is 0.736 bits per heavy atom. The second-order valence-corrected chi connectivity index (χ2v) is 22.9. The maximum atomic E-state index is 14.3. The van der Waals surface area contributed by atoms with Gasteiger partial charge in [0, 0.05) is 115 Å². The van der Waals surface area contributed by atoms with Gasteiger partial charge >= 0.3 is 0 Å². The Balaban J connectivity index is 0.839. The van der Waals surface area contributed by atoms with Crippen LogP contribution in [0.15, 0.2) is 131 Å². The van der Waals surface area contributed by atoms with Crippen LogP contribution in [0.2, 0.25) is 5.02 Å². The monoisotopic (exact) mass is 1030 g/mol. The Morgan fingerprint density at radius 3 is 2.08 bits per heavy atom. The lowest BCUT2D eigenvalue weighted by atomic mass is 9.92. The van der Waals surface area contributed by atoms with Gasteiger partial charge in [0.1, 0.15) is 0 Å². The molecule has 6 aromatic rings. The Hall–Kier alpha value is -5.48. The number of hydrogen-bond donors (Lipinski definition) is 5. The minimum Gasteiger partial charge on any atom is -0.393 e. The van der Waals surface area contributed by atoms with Gasteiger partial charge in [-0.3, -0.25) is 9.52 Å². The van der Waals surface area contributed by atoms with Crippen LogP contribution < -0.4 is 25.2 Å². The minimum absolute atomic E-state index is 0.0128. The fourth-order valence-corrected chi connectivity index (χ4v) is 12.7. The number of thioether (sulfide) groups is 1. The summed E-state index contributed by atoms with van der Waals surface area (Å²) >= 11 is 8.15. The fraction of sp³-hybridized carbons (Fsp3) is 0.386. The van der Waals surface area contributed by atoms with Gasteiger partial charge in [0.2, 0.25) is 0 Å². The summed E-state index contributed by atoms with van der Waals surface area (Å²) in [7, 11) is -1.85. The van der Waals surface area contributed by atoms with Crippen LogP contribution in [-0.2, 0) is 17.1 Å². The van der Waals surface area contributed by atoms with E-state index in [1.54, 1.807) is 12.1 Å². The molecule has 3 heterocycles. The number of aliphatic hydroxyl groups is 2. The fourth-order valence-electron chi connectivity index (χ4n) is 10.4. The van der Waals surface area contributed by atoms with Gasteiger partial charge in [-0.15, -0.1) is 11.8 Å². The molecule has 380 valence electrons. The number of nitrogens with one attached hydrogen (secondary N) is 3. The predicted molar refractivity (Wildman–Crippen MR) is 295 cm³/mol. The van der Waals surface area contributed by atoms with Crippen molar-refractivity contribution in [2.45, 2.75) is 92.9 Å². The third-order valence-electron chi connectivity index (χ3n) is 14.7. The van der Waals surface area contributed by atoms with E-state index >= 15 is 0 Å². The molecule has 1 aromatic heterocycles. The molecule has 15 heteroatoms. The zero-order valence-corrected chi connectivity index (χ0v) is 44.0. The summed E-state index contributed by atoms with van der Waals surface area (Å²) in [6.45, 7) is 9.78. The number of carbonyl (C=O) groups excluding carboxylic acids is 1. The molecule has 2 aliphatic heterocycles. The largest absolute Gasteiger partial charge is 0.393 e. The zero-order chi connectivity index (χ0) is 50.4. The standard InChI is InChI=1S/C57H68ClN7O5S2/c1-39-36-52(24-25-53(39)59-46(38-71-51-10-5-4-6-11-51)26-29-63-30-27-50(67)28-31-63)72(69,70)61-45-16-20-47(21-17-45)64-32-34-65(35-33-64)48-9-7-8-42(37-48)55-54(57(68)60-44-18-22-49(66)23-19-44)40(2)62(3)56(55)41-12-14-43(58)15-13-41/h4-17,20-21,24-25,36-37,44,46,49-50,59,61,66-67H,18-19,22-23,26-35,38H2,1-3H3,(H,60,68)/t44?,46-,49?/m1/s1. The molecule has 72 heavy (non-hydrogen) atoms. The van der Waals surface area contributed by atoms with Crippen molar-refractivity contribution in [1.82, 2.24) is 14.8 Å². The van der Waals surface area contributed by atoms with Gasteiger partial charge in [-0.1, -0.05) is 54.1 Å². The van der Waals surface area contributed by atoms with E-state index in [-0.39, 0.29) is 35.1 Å². The quantitative estimate of drug-likeness (QED) is 0.0561. The van der Waals surface area contributed by atoms with Gasteiger partial charge < -0.3 is 40.1 Å². The molecule has 5 aromatic carbocycles. The minimum atomic E-state index is -3.86. The number of hydrogen-bond acceptors (Lipinski definition) is 10. The average Bonchev–Trinajstić information content (AvgIpc) is 3.66. The van der Waals surface area contributed by atoms with Crippen molar-refractivity contribution in [2.24, 2.45) is 7.05 Å². The van der Waals surface area contributed by atoms with E-state index in [1.807, 2.05) is 93.3 Å². The van der Waals surface area contributed by atoms with Crippen molar-refractivity contribution >= 4 is 62.0 Å². The lowest BCUT2D eigenvalue weighted by Gasteiger charge is -2.37. The van der Waals surface area contributed by atoms with Crippen molar-refractivity contribution in [3.05, 3.63) is 143 Å². The lowest BCUT2D eigenvalue weighted by Crippen LogP contribution is -2.46. The molecule has 1 atom stereocenters. The van der Waals surface area contributed by atoms with Crippen LogP contribution in [0.4, 0.5) is 22.7 Å². The van der Waals surface area contributed by atoms with Crippen LogP contribution in [0.1, 0.15) is 66.6 Å². The van der Waals surface area contributed by atoms with Gasteiger partial charge in [0.25, 0.3) is 15.9 Å². The van der Waals surface area contributed by atoms with Gasteiger partial charge in [0.05, 0.1) is 28.4 Å². The second kappa shape index (κ2) is 23.2. The maximum Gasteiger partial charge on any atom is 0.261 e. The van der Waals surface area contributed by atoms with E-state index in [1.165, 1.54) is 4.90 Å². The normalized spacial score (nSPS) is 18.5. The number of aliphatic hydroxyl groups excluding tert-OH is 2. The van der Waals surface area contributed by atoms with Crippen LogP contribution in [0.5, 0.6) is 0 Å². The van der Waals surface area contributed by atoms with E-state index in [0.29, 0.717) is 29.1 Å². The van der Waals surface area contributed by atoms with Crippen molar-refractivity contribution in [2.75, 3.05) is 71.4 Å². The highest BCUT2D eigenvalue weighted by Gasteiger charge is 2.30. The number of benzene rings is 5. The lowest BCUT2D eigenvalue weighted by molar-refractivity contribution is 0.0817. The highest BCUT2D eigenvalue weighted by Crippen LogP contribution is 2.41. The molecular weight excluding hydrogens is 962 g/mol. The Labute approximate surface area is 434 Å². The Morgan fingerprint density at radius 2 is 1.40 bits per heavy atom. The number of amides is 1. The molecule has 0 radical (unpaired) electrons. The average molecular weight is 1030 g/mol. The Kier molecular flexibility index (Phi) is 16.5. The molecule has 0 unspecified atom stereocenters. The molecule has 9 rings (SSSR count). The number of anilines is 4. The number of nitrogens with zero attached hydrogens (tertiary/aromatic N) is 4. The van der Waals surface area contributed by atoms with Gasteiger partial charge in [-0.2, -0.15) is 0 Å². The first kappa shape index (κ1) is 51.4. The molecule has 12 nitrogen and oxygen atoms in total. The molecule has 3 fully saturated rings. The molecule has 5 N–H and O–H groups in total. The molecule has 1 amide bonds. The number of halogens is 1. The smallest absolute Gasteiger partial charge is 0.261 e. The zero-order valence-electron chi connectivity index (χ0n) is 41.6. The molecule has 0 bridgehead atoms. The first-order valence-corrected chi connectivity index (χ1v) is 28.3. The summed E-state index contributed by atoms with van der Waals surface area (Å²) in [6.07, 6.45) is 4.91. The van der Waals surface area contributed by atoms with Crippen LogP contribution in [0, 0.1) is 13.8 Å². The summed E-state index contributed by atoms with van der Waals surface area (Å²) in [5, 5.41) is 27.8. The third-order valence-corrected chi connectivity index (χ3v) is 17.5. The highest BCUT2D eigenvalue weighted by molar-refractivity contribution is 7.99. The van der Waals surface area contributed by atoms with Crippen LogP contribution in [0.3, 0.4) is 0 Å². The van der Waals surface area contributed by atoms with Crippen molar-refractivity contribution in [3.63, 3.8) is 0 Å². The van der Waals surface area contributed by atoms with Gasteiger partial charge in [-0.25, -0.2) is 8.42 Å². The number of carbonyl (C=O) groups is 1. The Bertz CT molecular complexity index is 2890. The predicted octanol–water partition coefficient (Wildman–Crippen LogP) is 10.2. The number of sulfonamides is 1. The van der Waals surface area contributed by atoms with E-state index in [4.69, 9.17) is 11.6 Å². The summed E-state index contributed by atoms with van der Waals surface area (Å²) < 4.78 is 32.5. The number of likely N-dealkylation sites (tertiary alicyclic amines) is 1. The van der Waals surface area contributed by atoms with Gasteiger partial charge in [0.15, 0.2) is 0 Å².